The van der Waals surface area contributed by atoms with Crippen molar-refractivity contribution in [3.05, 3.63) is 29.8 Å². The molecule has 1 rings (SSSR count). The molecule has 25 heavy (non-hydrogen) atoms. The van der Waals surface area contributed by atoms with Gasteiger partial charge in [0, 0.05) is 33.9 Å². The van der Waals surface area contributed by atoms with E-state index in [4.69, 9.17) is 14.2 Å². The first-order chi connectivity index (χ1) is 12.3. The molecule has 0 saturated carbocycles. The molecule has 0 aromatic heterocycles. The van der Waals surface area contributed by atoms with Gasteiger partial charge in [0.2, 0.25) is 0 Å². The van der Waals surface area contributed by atoms with Crippen LogP contribution in [0.3, 0.4) is 0 Å². The number of hydrogen-bond donors (Lipinski definition) is 2. The number of nitrogens with zero attached hydrogens (tertiary/aromatic N) is 1. The maximum absolute atomic E-state index is 5.74. The zero-order valence-electron chi connectivity index (χ0n) is 15.8. The Labute approximate surface area is 152 Å². The smallest absolute Gasteiger partial charge is 0.191 e. The van der Waals surface area contributed by atoms with Gasteiger partial charge in [0.05, 0.1) is 19.8 Å². The third kappa shape index (κ3) is 10.6. The molecule has 6 nitrogen and oxygen atoms in total. The summed E-state index contributed by atoms with van der Waals surface area (Å²) < 4.78 is 16.1. The summed E-state index contributed by atoms with van der Waals surface area (Å²) in [4.78, 5) is 4.24. The minimum absolute atomic E-state index is 0.637. The number of guanidine groups is 1. The van der Waals surface area contributed by atoms with E-state index in [9.17, 15) is 0 Å². The summed E-state index contributed by atoms with van der Waals surface area (Å²) in [6, 6.07) is 8.16. The molecule has 0 atom stereocenters. The van der Waals surface area contributed by atoms with Gasteiger partial charge in [-0.15, -0.1) is 0 Å². The summed E-state index contributed by atoms with van der Waals surface area (Å²) in [5, 5.41) is 6.60. The average Bonchev–Trinajstić information content (AvgIpc) is 2.64. The minimum Gasteiger partial charge on any atom is -0.494 e. The molecule has 1 aromatic carbocycles. The van der Waals surface area contributed by atoms with Gasteiger partial charge >= 0.3 is 0 Å². The summed E-state index contributed by atoms with van der Waals surface area (Å²) in [7, 11) is 3.45. The Kier molecular flexibility index (Phi) is 12.4. The van der Waals surface area contributed by atoms with E-state index in [1.54, 1.807) is 14.2 Å². The normalized spacial score (nSPS) is 11.4. The quantitative estimate of drug-likeness (QED) is 0.325. The summed E-state index contributed by atoms with van der Waals surface area (Å²) in [5.74, 6) is 1.71. The SMILES string of the molecule is CCCCOc1cccc(CNC(=NC)NCCCOCCOC)c1. The highest BCUT2D eigenvalue weighted by molar-refractivity contribution is 5.79. The molecule has 6 heteroatoms. The van der Waals surface area contributed by atoms with Crippen LogP contribution < -0.4 is 15.4 Å². The lowest BCUT2D eigenvalue weighted by atomic mass is 10.2. The number of benzene rings is 1. The first-order valence-corrected chi connectivity index (χ1v) is 9.03. The molecule has 0 spiro atoms. The van der Waals surface area contributed by atoms with Crippen LogP contribution in [0.2, 0.25) is 0 Å². The fourth-order valence-corrected chi connectivity index (χ4v) is 2.11. The van der Waals surface area contributed by atoms with Crippen LogP contribution in [-0.4, -0.2) is 53.1 Å². The van der Waals surface area contributed by atoms with E-state index >= 15 is 0 Å². The zero-order chi connectivity index (χ0) is 18.2. The van der Waals surface area contributed by atoms with Crippen LogP contribution in [0.5, 0.6) is 5.75 Å². The molecule has 0 amide bonds. The molecule has 2 N–H and O–H groups in total. The highest BCUT2D eigenvalue weighted by Gasteiger charge is 2.00. The van der Waals surface area contributed by atoms with E-state index in [1.165, 1.54) is 5.56 Å². The fourth-order valence-electron chi connectivity index (χ4n) is 2.11. The van der Waals surface area contributed by atoms with Crippen LogP contribution in [0.15, 0.2) is 29.3 Å². The van der Waals surface area contributed by atoms with Gasteiger partial charge in [0.25, 0.3) is 0 Å². The van der Waals surface area contributed by atoms with Gasteiger partial charge < -0.3 is 24.8 Å². The Morgan fingerprint density at radius 2 is 1.96 bits per heavy atom. The van der Waals surface area contributed by atoms with Crippen molar-refractivity contribution in [2.24, 2.45) is 4.99 Å². The van der Waals surface area contributed by atoms with Gasteiger partial charge in [-0.1, -0.05) is 25.5 Å². The molecule has 0 aliphatic rings. The number of nitrogens with one attached hydrogen (secondary N) is 2. The van der Waals surface area contributed by atoms with Crippen molar-refractivity contribution in [1.29, 1.82) is 0 Å². The molecule has 1 aromatic rings. The Hall–Kier alpha value is -1.79. The summed E-state index contributed by atoms with van der Waals surface area (Å²) in [6.07, 6.45) is 3.14. The third-order valence-corrected chi connectivity index (χ3v) is 3.54. The number of ether oxygens (including phenoxy) is 3. The maximum Gasteiger partial charge on any atom is 0.191 e. The molecule has 0 heterocycles. The van der Waals surface area contributed by atoms with E-state index in [0.717, 1.165) is 44.1 Å². The van der Waals surface area contributed by atoms with Gasteiger partial charge in [-0.05, 0) is 30.5 Å². The van der Waals surface area contributed by atoms with Crippen molar-refractivity contribution >= 4 is 5.96 Å². The maximum atomic E-state index is 5.74. The highest BCUT2D eigenvalue weighted by atomic mass is 16.5. The number of methoxy groups -OCH3 is 1. The van der Waals surface area contributed by atoms with Gasteiger partial charge in [0.1, 0.15) is 5.75 Å². The summed E-state index contributed by atoms with van der Waals surface area (Å²) >= 11 is 0. The Morgan fingerprint density at radius 1 is 1.08 bits per heavy atom. The number of unbranched alkanes of at least 4 members (excludes halogenated alkanes) is 1. The van der Waals surface area contributed by atoms with Crippen molar-refractivity contribution < 1.29 is 14.2 Å². The van der Waals surface area contributed by atoms with Crippen LogP contribution in [0, 0.1) is 0 Å². The lowest BCUT2D eigenvalue weighted by Gasteiger charge is -2.13. The lowest BCUT2D eigenvalue weighted by molar-refractivity contribution is 0.0698. The van der Waals surface area contributed by atoms with E-state index in [0.29, 0.717) is 26.4 Å². The van der Waals surface area contributed by atoms with E-state index in [-0.39, 0.29) is 0 Å². The van der Waals surface area contributed by atoms with Crippen LogP contribution in [0.4, 0.5) is 0 Å². The summed E-state index contributed by atoms with van der Waals surface area (Å²) in [5.41, 5.74) is 1.17. The second-order valence-electron chi connectivity index (χ2n) is 5.66. The largest absolute Gasteiger partial charge is 0.494 e. The minimum atomic E-state index is 0.637. The molecule has 0 unspecified atom stereocenters. The number of aliphatic imine (C=N–C) groups is 1. The molecule has 0 fully saturated rings. The predicted octanol–water partition coefficient (Wildman–Crippen LogP) is 2.58. The second kappa shape index (κ2) is 14.5. The molecule has 0 aliphatic heterocycles. The van der Waals surface area contributed by atoms with Crippen LogP contribution in [0.25, 0.3) is 0 Å². The van der Waals surface area contributed by atoms with E-state index < -0.39 is 0 Å². The molecular weight excluding hydrogens is 318 g/mol. The molecule has 0 bridgehead atoms. The number of rotatable bonds is 13. The standard InChI is InChI=1S/C19H33N3O3/c1-4-5-12-25-18-9-6-8-17(15-18)16-22-19(20-2)21-10-7-11-24-14-13-23-3/h6,8-9,15H,4-5,7,10-14,16H2,1-3H3,(H2,20,21,22). The van der Waals surface area contributed by atoms with E-state index in [1.807, 2.05) is 12.1 Å². The first kappa shape index (κ1) is 21.3. The summed E-state index contributed by atoms with van der Waals surface area (Å²) in [6.45, 7) is 6.43. The van der Waals surface area contributed by atoms with Gasteiger partial charge in [0.15, 0.2) is 5.96 Å². The van der Waals surface area contributed by atoms with E-state index in [2.05, 4.69) is 34.7 Å². The Bertz CT molecular complexity index is 481. The van der Waals surface area contributed by atoms with Gasteiger partial charge in [-0.25, -0.2) is 0 Å². The van der Waals surface area contributed by atoms with Crippen molar-refractivity contribution in [3.8, 4) is 5.75 Å². The van der Waals surface area contributed by atoms with Crippen molar-refractivity contribution in [2.75, 3.05) is 47.1 Å². The van der Waals surface area contributed by atoms with Crippen molar-refractivity contribution in [1.82, 2.24) is 10.6 Å². The van der Waals surface area contributed by atoms with Crippen LogP contribution in [0.1, 0.15) is 31.7 Å². The topological polar surface area (TPSA) is 64.1 Å². The molecule has 142 valence electrons. The zero-order valence-corrected chi connectivity index (χ0v) is 15.8. The Balaban J connectivity index is 2.24. The molecule has 0 radical (unpaired) electrons. The molecule has 0 saturated heterocycles. The van der Waals surface area contributed by atoms with Crippen molar-refractivity contribution in [3.63, 3.8) is 0 Å². The number of hydrogen-bond acceptors (Lipinski definition) is 4. The molecule has 0 aliphatic carbocycles. The fraction of sp³-hybridized carbons (Fsp3) is 0.632. The predicted molar refractivity (Wildman–Crippen MR) is 102 cm³/mol. The van der Waals surface area contributed by atoms with Crippen molar-refractivity contribution in [2.45, 2.75) is 32.7 Å². The van der Waals surface area contributed by atoms with Crippen LogP contribution in [-0.2, 0) is 16.0 Å². The highest BCUT2D eigenvalue weighted by Crippen LogP contribution is 2.13. The average molecular weight is 351 g/mol. The first-order valence-electron chi connectivity index (χ1n) is 9.03. The molecular formula is C19H33N3O3. The van der Waals surface area contributed by atoms with Gasteiger partial charge in [-0.3, -0.25) is 4.99 Å². The lowest BCUT2D eigenvalue weighted by Crippen LogP contribution is -2.37. The van der Waals surface area contributed by atoms with Crippen LogP contribution >= 0.6 is 0 Å². The monoisotopic (exact) mass is 351 g/mol. The second-order valence-corrected chi connectivity index (χ2v) is 5.66. The Morgan fingerprint density at radius 3 is 2.72 bits per heavy atom. The third-order valence-electron chi connectivity index (χ3n) is 3.54. The van der Waals surface area contributed by atoms with Gasteiger partial charge in [-0.2, -0.15) is 0 Å².